The highest BCUT2D eigenvalue weighted by Gasteiger charge is 2.36. The maximum atomic E-state index is 2.70. The fraction of sp³-hybridized carbons (Fsp3) is 0.806. The summed E-state index contributed by atoms with van der Waals surface area (Å²) < 4.78 is 0. The molecule has 194 valence electrons. The fourth-order valence-corrected chi connectivity index (χ4v) is 6.75. The first-order chi connectivity index (χ1) is 15.8. The zero-order valence-corrected chi connectivity index (χ0v) is 24.4. The maximum Gasteiger partial charge on any atom is 0.0348 e. The third kappa shape index (κ3) is 5.77. The average Bonchev–Trinajstić information content (AvgIpc) is 3.51. The molecule has 3 heteroatoms. The Morgan fingerprint density at radius 1 is 0.941 bits per heavy atom. The number of allylic oxidation sites excluding steroid dienone is 1. The molecule has 0 N–H and O–H groups in total. The van der Waals surface area contributed by atoms with Crippen LogP contribution in [0.5, 0.6) is 0 Å². The van der Waals surface area contributed by atoms with Crippen LogP contribution in [0, 0.1) is 23.7 Å². The smallest absolute Gasteiger partial charge is 0.0348 e. The van der Waals surface area contributed by atoms with Crippen LogP contribution in [0.15, 0.2) is 35.2 Å². The van der Waals surface area contributed by atoms with Crippen molar-refractivity contribution in [1.82, 2.24) is 14.7 Å². The van der Waals surface area contributed by atoms with Crippen molar-refractivity contribution in [3.05, 3.63) is 35.2 Å². The minimum atomic E-state index is 0.208. The largest absolute Gasteiger partial charge is 0.374 e. The normalized spacial score (nSPS) is 24.9. The molecule has 3 heterocycles. The molecule has 0 aromatic heterocycles. The van der Waals surface area contributed by atoms with E-state index in [-0.39, 0.29) is 5.54 Å². The van der Waals surface area contributed by atoms with Crippen LogP contribution in [0.25, 0.3) is 0 Å². The van der Waals surface area contributed by atoms with Crippen molar-refractivity contribution in [3.8, 4) is 0 Å². The Balaban J connectivity index is 1.64. The standard InChI is InChI=1S/C31H55N3/c1-21(2)29-13-12-15-34(29)31(10,11)18-24(7)27-14-16-32(19-27)26(9)25(8)28-17-30(22(3)4)33(20-28)23(5)6/h13,17,19,21-26,30H,12,14-16,18,20H2,1-11H3. The van der Waals surface area contributed by atoms with Gasteiger partial charge < -0.3 is 9.80 Å². The van der Waals surface area contributed by atoms with E-state index in [4.69, 9.17) is 0 Å². The zero-order valence-electron chi connectivity index (χ0n) is 24.4. The van der Waals surface area contributed by atoms with E-state index in [1.165, 1.54) is 32.4 Å². The van der Waals surface area contributed by atoms with E-state index in [1.54, 1.807) is 16.8 Å². The Labute approximate surface area is 212 Å². The summed E-state index contributed by atoms with van der Waals surface area (Å²) in [5.74, 6) is 2.51. The van der Waals surface area contributed by atoms with E-state index < -0.39 is 0 Å². The molecule has 0 aliphatic carbocycles. The lowest BCUT2D eigenvalue weighted by Crippen LogP contribution is -2.44. The second-order valence-electron chi connectivity index (χ2n) is 13.1. The van der Waals surface area contributed by atoms with Crippen molar-refractivity contribution in [3.63, 3.8) is 0 Å². The van der Waals surface area contributed by atoms with Crippen LogP contribution in [0.1, 0.15) is 95.4 Å². The Morgan fingerprint density at radius 3 is 2.18 bits per heavy atom. The minimum Gasteiger partial charge on any atom is -0.374 e. The summed E-state index contributed by atoms with van der Waals surface area (Å²) in [6.45, 7) is 29.9. The van der Waals surface area contributed by atoms with Crippen LogP contribution in [0.2, 0.25) is 0 Å². The van der Waals surface area contributed by atoms with Gasteiger partial charge in [0.2, 0.25) is 0 Å². The van der Waals surface area contributed by atoms with Gasteiger partial charge in [-0.05, 0) is 89.3 Å². The van der Waals surface area contributed by atoms with Crippen LogP contribution in [-0.2, 0) is 0 Å². The average molecular weight is 470 g/mol. The van der Waals surface area contributed by atoms with E-state index >= 15 is 0 Å². The lowest BCUT2D eigenvalue weighted by molar-refractivity contribution is 0.142. The monoisotopic (exact) mass is 469 g/mol. The quantitative estimate of drug-likeness (QED) is 0.310. The van der Waals surface area contributed by atoms with Crippen molar-refractivity contribution in [2.24, 2.45) is 23.7 Å². The molecular weight excluding hydrogens is 414 g/mol. The van der Waals surface area contributed by atoms with E-state index in [0.29, 0.717) is 41.8 Å². The number of hydrogen-bond acceptors (Lipinski definition) is 3. The Hall–Kier alpha value is -1.22. The minimum absolute atomic E-state index is 0.208. The summed E-state index contributed by atoms with van der Waals surface area (Å²) >= 11 is 0. The van der Waals surface area contributed by atoms with Gasteiger partial charge in [-0.25, -0.2) is 0 Å². The second kappa shape index (κ2) is 10.8. The van der Waals surface area contributed by atoms with Gasteiger partial charge in [0.1, 0.15) is 0 Å². The lowest BCUT2D eigenvalue weighted by Gasteiger charge is -2.42. The molecule has 3 aliphatic heterocycles. The first-order valence-electron chi connectivity index (χ1n) is 14.2. The molecule has 4 unspecified atom stereocenters. The molecule has 0 saturated heterocycles. The number of nitrogens with zero attached hydrogens (tertiary/aromatic N) is 3. The zero-order chi connectivity index (χ0) is 25.4. The Morgan fingerprint density at radius 2 is 1.62 bits per heavy atom. The molecule has 0 aromatic carbocycles. The molecule has 0 aromatic rings. The summed E-state index contributed by atoms with van der Waals surface area (Å²) in [7, 11) is 0. The molecule has 0 radical (unpaired) electrons. The Bertz CT molecular complexity index is 784. The van der Waals surface area contributed by atoms with Crippen molar-refractivity contribution >= 4 is 0 Å². The SMILES string of the molecule is CC(C)C1=CCCN1C(C)(C)CC(C)C1=CN(C(C)C(C)C2=CC(C(C)C)N(C(C)C)C2)CC1. The molecular formula is C31H55N3. The van der Waals surface area contributed by atoms with Gasteiger partial charge in [-0.1, -0.05) is 59.3 Å². The highest BCUT2D eigenvalue weighted by molar-refractivity contribution is 5.23. The van der Waals surface area contributed by atoms with E-state index in [2.05, 4.69) is 109 Å². The third-order valence-corrected chi connectivity index (χ3v) is 9.08. The van der Waals surface area contributed by atoms with Crippen molar-refractivity contribution in [2.45, 2.75) is 119 Å². The second-order valence-corrected chi connectivity index (χ2v) is 13.1. The lowest BCUT2D eigenvalue weighted by atomic mass is 9.85. The van der Waals surface area contributed by atoms with Crippen LogP contribution in [0.4, 0.5) is 0 Å². The Kier molecular flexibility index (Phi) is 8.70. The van der Waals surface area contributed by atoms with Crippen LogP contribution < -0.4 is 0 Å². The molecule has 34 heavy (non-hydrogen) atoms. The number of rotatable bonds is 10. The molecule has 0 bridgehead atoms. The fourth-order valence-electron chi connectivity index (χ4n) is 6.75. The summed E-state index contributed by atoms with van der Waals surface area (Å²) in [6, 6.07) is 1.75. The molecule has 0 spiro atoms. The molecule has 3 rings (SSSR count). The highest BCUT2D eigenvalue weighted by Crippen LogP contribution is 2.38. The molecule has 0 fully saturated rings. The topological polar surface area (TPSA) is 9.72 Å². The van der Waals surface area contributed by atoms with Gasteiger partial charge in [0, 0.05) is 49.0 Å². The maximum absolute atomic E-state index is 2.70. The van der Waals surface area contributed by atoms with Crippen molar-refractivity contribution in [1.29, 1.82) is 0 Å². The summed E-state index contributed by atoms with van der Waals surface area (Å²) in [5.41, 5.74) is 5.07. The van der Waals surface area contributed by atoms with E-state index in [9.17, 15) is 0 Å². The first kappa shape index (κ1) is 27.4. The van der Waals surface area contributed by atoms with Crippen LogP contribution >= 0.6 is 0 Å². The predicted octanol–water partition coefficient (Wildman–Crippen LogP) is 7.33. The van der Waals surface area contributed by atoms with Crippen LogP contribution in [0.3, 0.4) is 0 Å². The molecule has 3 nitrogen and oxygen atoms in total. The van der Waals surface area contributed by atoms with Gasteiger partial charge in [0.25, 0.3) is 0 Å². The van der Waals surface area contributed by atoms with Gasteiger partial charge >= 0.3 is 0 Å². The molecule has 3 aliphatic rings. The van der Waals surface area contributed by atoms with Gasteiger partial charge in [-0.2, -0.15) is 0 Å². The van der Waals surface area contributed by atoms with Gasteiger partial charge in [0.15, 0.2) is 0 Å². The highest BCUT2D eigenvalue weighted by atomic mass is 15.2. The molecule has 4 atom stereocenters. The van der Waals surface area contributed by atoms with Crippen LogP contribution in [-0.4, -0.2) is 58.0 Å². The summed E-state index contributed by atoms with van der Waals surface area (Å²) in [5, 5.41) is 0. The first-order valence-corrected chi connectivity index (χ1v) is 14.2. The number of hydrogen-bond donors (Lipinski definition) is 0. The van der Waals surface area contributed by atoms with E-state index in [1.807, 2.05) is 0 Å². The predicted molar refractivity (Wildman–Crippen MR) is 149 cm³/mol. The summed E-state index contributed by atoms with van der Waals surface area (Å²) in [6.07, 6.45) is 11.3. The molecule has 0 saturated carbocycles. The van der Waals surface area contributed by atoms with Gasteiger partial charge in [0.05, 0.1) is 0 Å². The third-order valence-electron chi connectivity index (χ3n) is 9.08. The van der Waals surface area contributed by atoms with Gasteiger partial charge in [-0.15, -0.1) is 0 Å². The van der Waals surface area contributed by atoms with Crippen molar-refractivity contribution in [2.75, 3.05) is 19.6 Å². The van der Waals surface area contributed by atoms with Gasteiger partial charge in [-0.3, -0.25) is 4.90 Å². The summed E-state index contributed by atoms with van der Waals surface area (Å²) in [4.78, 5) is 8.04. The van der Waals surface area contributed by atoms with E-state index in [0.717, 1.165) is 6.54 Å². The molecule has 0 amide bonds. The van der Waals surface area contributed by atoms with Crippen molar-refractivity contribution < 1.29 is 0 Å².